The van der Waals surface area contributed by atoms with Crippen molar-refractivity contribution in [1.82, 2.24) is 4.31 Å². The zero-order valence-electron chi connectivity index (χ0n) is 11.6. The monoisotopic (exact) mass is 362 g/mol. The number of anilines is 1. The van der Waals surface area contributed by atoms with E-state index in [9.17, 15) is 8.42 Å². The van der Waals surface area contributed by atoms with E-state index in [1.807, 2.05) is 0 Å². The molecule has 1 atom stereocenters. The van der Waals surface area contributed by atoms with Gasteiger partial charge in [0.15, 0.2) is 0 Å². The summed E-state index contributed by atoms with van der Waals surface area (Å²) in [5.41, 5.74) is 6.88. The molecule has 1 aromatic rings. The maximum atomic E-state index is 12.6. The van der Waals surface area contributed by atoms with Gasteiger partial charge in [-0.2, -0.15) is 4.31 Å². The Kier molecular flexibility index (Phi) is 4.73. The van der Waals surface area contributed by atoms with Crippen molar-refractivity contribution in [3.63, 3.8) is 0 Å². The van der Waals surface area contributed by atoms with E-state index < -0.39 is 10.0 Å². The summed E-state index contributed by atoms with van der Waals surface area (Å²) in [6, 6.07) is 3.23. The van der Waals surface area contributed by atoms with Crippen molar-refractivity contribution in [3.8, 4) is 0 Å². The van der Waals surface area contributed by atoms with Gasteiger partial charge in [0.2, 0.25) is 10.0 Å². The molecule has 112 valence electrons. The Hall–Kier alpha value is -0.630. The quantitative estimate of drug-likeness (QED) is 0.832. The van der Waals surface area contributed by atoms with Crippen molar-refractivity contribution >= 4 is 31.6 Å². The summed E-state index contributed by atoms with van der Waals surface area (Å²) in [6.45, 7) is 2.84. The van der Waals surface area contributed by atoms with Gasteiger partial charge < -0.3 is 10.5 Å². The van der Waals surface area contributed by atoms with Crippen LogP contribution in [0.1, 0.15) is 18.4 Å². The number of nitrogen functional groups attached to an aromatic ring is 1. The smallest absolute Gasteiger partial charge is 0.243 e. The van der Waals surface area contributed by atoms with Crippen molar-refractivity contribution in [2.75, 3.05) is 25.9 Å². The molecule has 0 amide bonds. The van der Waals surface area contributed by atoms with Crippen molar-refractivity contribution in [1.29, 1.82) is 0 Å². The van der Waals surface area contributed by atoms with E-state index in [4.69, 9.17) is 10.5 Å². The molecule has 7 heteroatoms. The molecule has 0 aromatic heterocycles. The third kappa shape index (κ3) is 3.16. The highest BCUT2D eigenvalue weighted by Gasteiger charge is 2.27. The zero-order chi connectivity index (χ0) is 14.9. The second kappa shape index (κ2) is 6.01. The third-order valence-electron chi connectivity index (χ3n) is 3.47. The molecule has 1 unspecified atom stereocenters. The molecule has 0 aliphatic carbocycles. The summed E-state index contributed by atoms with van der Waals surface area (Å²) in [7, 11) is -1.97. The number of aryl methyl sites for hydroxylation is 1. The Morgan fingerprint density at radius 2 is 2.20 bits per heavy atom. The van der Waals surface area contributed by atoms with Crippen LogP contribution >= 0.6 is 15.9 Å². The van der Waals surface area contributed by atoms with Crippen LogP contribution in [0.2, 0.25) is 0 Å². The van der Waals surface area contributed by atoms with Gasteiger partial charge in [-0.3, -0.25) is 0 Å². The highest BCUT2D eigenvalue weighted by atomic mass is 79.9. The standard InChI is InChI=1S/C13H19BrN2O3S/c1-9-6-11(14)12(15)7-13(9)20(17,18)16(2)8-10-4-3-5-19-10/h6-7,10H,3-5,8,15H2,1-2H3. The van der Waals surface area contributed by atoms with E-state index in [1.54, 1.807) is 20.0 Å². The van der Waals surface area contributed by atoms with Crippen molar-refractivity contribution in [2.24, 2.45) is 0 Å². The van der Waals surface area contributed by atoms with Gasteiger partial charge in [0.25, 0.3) is 0 Å². The average molecular weight is 363 g/mol. The molecule has 0 bridgehead atoms. The van der Waals surface area contributed by atoms with Crippen LogP contribution in [0.3, 0.4) is 0 Å². The van der Waals surface area contributed by atoms with Crippen LogP contribution in [-0.2, 0) is 14.8 Å². The molecule has 1 heterocycles. The molecule has 20 heavy (non-hydrogen) atoms. The lowest BCUT2D eigenvalue weighted by Crippen LogP contribution is -2.34. The first-order valence-electron chi connectivity index (χ1n) is 6.46. The van der Waals surface area contributed by atoms with Crippen molar-refractivity contribution < 1.29 is 13.2 Å². The number of benzene rings is 1. The molecule has 1 fully saturated rings. The van der Waals surface area contributed by atoms with Crippen LogP contribution in [0.5, 0.6) is 0 Å². The van der Waals surface area contributed by atoms with Gasteiger partial charge in [0.05, 0.1) is 11.0 Å². The van der Waals surface area contributed by atoms with E-state index in [-0.39, 0.29) is 11.0 Å². The van der Waals surface area contributed by atoms with E-state index in [0.717, 1.165) is 12.8 Å². The first-order valence-corrected chi connectivity index (χ1v) is 8.69. The number of nitrogens with zero attached hydrogens (tertiary/aromatic N) is 1. The fraction of sp³-hybridized carbons (Fsp3) is 0.538. The van der Waals surface area contributed by atoms with E-state index >= 15 is 0 Å². The SMILES string of the molecule is Cc1cc(Br)c(N)cc1S(=O)(=O)N(C)CC1CCCO1. The van der Waals surface area contributed by atoms with Gasteiger partial charge in [-0.25, -0.2) is 8.42 Å². The minimum atomic E-state index is -3.54. The molecule has 5 nitrogen and oxygen atoms in total. The van der Waals surface area contributed by atoms with Crippen LogP contribution in [0.4, 0.5) is 5.69 Å². The lowest BCUT2D eigenvalue weighted by atomic mass is 10.2. The minimum Gasteiger partial charge on any atom is -0.398 e. The molecule has 1 aromatic carbocycles. The highest BCUT2D eigenvalue weighted by Crippen LogP contribution is 2.28. The van der Waals surface area contributed by atoms with Gasteiger partial charge >= 0.3 is 0 Å². The maximum absolute atomic E-state index is 12.6. The zero-order valence-corrected chi connectivity index (χ0v) is 14.0. The number of likely N-dealkylation sites (N-methyl/N-ethyl adjacent to an activating group) is 1. The minimum absolute atomic E-state index is 0.0112. The Bertz CT molecular complexity index is 598. The Morgan fingerprint density at radius 3 is 2.80 bits per heavy atom. The van der Waals surface area contributed by atoms with E-state index in [2.05, 4.69) is 15.9 Å². The summed E-state index contributed by atoms with van der Waals surface area (Å²) in [5, 5.41) is 0. The molecule has 0 radical (unpaired) electrons. The molecule has 0 spiro atoms. The van der Waals surface area contributed by atoms with E-state index in [0.29, 0.717) is 28.9 Å². The van der Waals surface area contributed by atoms with Gasteiger partial charge in [0.1, 0.15) is 0 Å². The Balaban J connectivity index is 2.27. The van der Waals surface area contributed by atoms with Crippen LogP contribution < -0.4 is 5.73 Å². The van der Waals surface area contributed by atoms with Gasteiger partial charge in [-0.05, 0) is 53.4 Å². The fourth-order valence-corrected chi connectivity index (χ4v) is 4.19. The second-order valence-electron chi connectivity index (χ2n) is 5.06. The summed E-state index contributed by atoms with van der Waals surface area (Å²) >= 11 is 3.30. The summed E-state index contributed by atoms with van der Waals surface area (Å²) in [4.78, 5) is 0.249. The number of rotatable bonds is 4. The van der Waals surface area contributed by atoms with Crippen LogP contribution in [0.25, 0.3) is 0 Å². The van der Waals surface area contributed by atoms with Crippen LogP contribution in [-0.4, -0.2) is 39.0 Å². The first kappa shape index (κ1) is 15.8. The number of sulfonamides is 1. The molecule has 2 rings (SSSR count). The van der Waals surface area contributed by atoms with Crippen LogP contribution in [0.15, 0.2) is 21.5 Å². The van der Waals surface area contributed by atoms with Crippen LogP contribution in [0, 0.1) is 6.92 Å². The largest absolute Gasteiger partial charge is 0.398 e. The molecular weight excluding hydrogens is 344 g/mol. The number of halogens is 1. The Labute approximate surface area is 128 Å². The van der Waals surface area contributed by atoms with E-state index in [1.165, 1.54) is 10.4 Å². The molecule has 0 saturated carbocycles. The fourth-order valence-electron chi connectivity index (χ4n) is 2.29. The number of nitrogens with two attached hydrogens (primary N) is 1. The topological polar surface area (TPSA) is 72.6 Å². The summed E-state index contributed by atoms with van der Waals surface area (Å²) < 4.78 is 32.7. The van der Waals surface area contributed by atoms with Gasteiger partial charge in [-0.15, -0.1) is 0 Å². The highest BCUT2D eigenvalue weighted by molar-refractivity contribution is 9.10. The van der Waals surface area contributed by atoms with Gasteiger partial charge in [0, 0.05) is 30.4 Å². The molecule has 1 saturated heterocycles. The Morgan fingerprint density at radius 1 is 1.50 bits per heavy atom. The molecule has 1 aliphatic heterocycles. The number of hydrogen-bond donors (Lipinski definition) is 1. The summed E-state index contributed by atoms with van der Waals surface area (Å²) in [5.74, 6) is 0. The predicted octanol–water partition coefficient (Wildman–Crippen LogP) is 2.14. The second-order valence-corrected chi connectivity index (χ2v) is 7.93. The predicted molar refractivity (Wildman–Crippen MR) is 82.1 cm³/mol. The molecule has 2 N–H and O–H groups in total. The van der Waals surface area contributed by atoms with Crippen molar-refractivity contribution in [2.45, 2.75) is 30.8 Å². The molecule has 1 aliphatic rings. The average Bonchev–Trinajstić information content (AvgIpc) is 2.86. The molecular formula is C13H19BrN2O3S. The van der Waals surface area contributed by atoms with Gasteiger partial charge in [-0.1, -0.05) is 0 Å². The lowest BCUT2D eigenvalue weighted by Gasteiger charge is -2.21. The lowest BCUT2D eigenvalue weighted by molar-refractivity contribution is 0.0979. The van der Waals surface area contributed by atoms with Crippen molar-refractivity contribution in [3.05, 3.63) is 22.2 Å². The number of hydrogen-bond acceptors (Lipinski definition) is 4. The third-order valence-corrected chi connectivity index (χ3v) is 6.12. The summed E-state index contributed by atoms with van der Waals surface area (Å²) in [6.07, 6.45) is 1.88. The normalized spacial score (nSPS) is 19.7. The first-order chi connectivity index (χ1) is 9.32. The maximum Gasteiger partial charge on any atom is 0.243 e. The number of ether oxygens (including phenoxy) is 1.